The maximum Gasteiger partial charge on any atom is 0.224 e. The van der Waals surface area contributed by atoms with Crippen LogP contribution in [0.15, 0.2) is 91.3 Å². The zero-order valence-electron chi connectivity index (χ0n) is 21.2. The molecule has 4 aromatic rings. The average molecular weight is 496 g/mol. The van der Waals surface area contributed by atoms with Gasteiger partial charge in [-0.2, -0.15) is 0 Å². The summed E-state index contributed by atoms with van der Waals surface area (Å²) in [4.78, 5) is 19.9. The summed E-state index contributed by atoms with van der Waals surface area (Å²) >= 11 is 0. The second-order valence-corrected chi connectivity index (χ2v) is 9.70. The van der Waals surface area contributed by atoms with Crippen molar-refractivity contribution in [3.63, 3.8) is 0 Å². The second kappa shape index (κ2) is 11.9. The molecule has 2 atom stereocenters. The Balaban J connectivity index is 1.28. The molecule has 0 bridgehead atoms. The number of hydrogen-bond acceptors (Lipinski definition) is 5. The zero-order chi connectivity index (χ0) is 25.5. The molecule has 37 heavy (non-hydrogen) atoms. The lowest BCUT2D eigenvalue weighted by Crippen LogP contribution is -2.47. The first kappa shape index (κ1) is 24.8. The van der Waals surface area contributed by atoms with Gasteiger partial charge in [0.05, 0.1) is 25.8 Å². The van der Waals surface area contributed by atoms with E-state index in [1.807, 2.05) is 36.4 Å². The number of pyridine rings is 1. The first-order valence-corrected chi connectivity index (χ1v) is 12.8. The minimum atomic E-state index is -0.119. The van der Waals surface area contributed by atoms with Crippen LogP contribution in [0.1, 0.15) is 17.5 Å². The molecule has 1 fully saturated rings. The smallest absolute Gasteiger partial charge is 0.224 e. The van der Waals surface area contributed by atoms with E-state index >= 15 is 0 Å². The zero-order valence-corrected chi connectivity index (χ0v) is 21.2. The summed E-state index contributed by atoms with van der Waals surface area (Å²) in [7, 11) is 1.65. The summed E-state index contributed by atoms with van der Waals surface area (Å²) in [6.45, 7) is 3.39. The standard InChI is InChI=1S/C31H33N3O3/c1-36-30-11-5-4-9-27(30)17-33-31(35)28-16-24(22-37-29-10-6-14-32-18-29)20-34(21-28)19-23-12-13-25-7-2-3-8-26(25)15-23/h2-15,18,24,28H,16-17,19-22H2,1H3,(H,33,35)/t24-,28+/m0/s1. The molecule has 1 amide bonds. The third-order valence-corrected chi connectivity index (χ3v) is 6.97. The van der Waals surface area contributed by atoms with Crippen LogP contribution >= 0.6 is 0 Å². The molecule has 6 heteroatoms. The van der Waals surface area contributed by atoms with Crippen molar-refractivity contribution < 1.29 is 14.3 Å². The molecule has 0 radical (unpaired) electrons. The molecule has 1 aliphatic heterocycles. The molecule has 0 unspecified atom stereocenters. The van der Waals surface area contributed by atoms with Crippen LogP contribution in [0.5, 0.6) is 11.5 Å². The van der Waals surface area contributed by atoms with Gasteiger partial charge in [0.2, 0.25) is 5.91 Å². The number of para-hydroxylation sites is 1. The minimum Gasteiger partial charge on any atom is -0.496 e. The van der Waals surface area contributed by atoms with Gasteiger partial charge in [0.1, 0.15) is 11.5 Å². The highest BCUT2D eigenvalue weighted by Crippen LogP contribution is 2.26. The van der Waals surface area contributed by atoms with E-state index in [-0.39, 0.29) is 17.7 Å². The number of hydrogen-bond donors (Lipinski definition) is 1. The molecular weight excluding hydrogens is 462 g/mol. The van der Waals surface area contributed by atoms with Crippen molar-refractivity contribution in [1.29, 1.82) is 0 Å². The number of piperidine rings is 1. The molecule has 1 aromatic heterocycles. The van der Waals surface area contributed by atoms with Crippen molar-refractivity contribution in [2.45, 2.75) is 19.5 Å². The number of likely N-dealkylation sites (tertiary alicyclic amines) is 1. The van der Waals surface area contributed by atoms with Crippen LogP contribution in [0, 0.1) is 11.8 Å². The summed E-state index contributed by atoms with van der Waals surface area (Å²) in [5.41, 5.74) is 2.22. The average Bonchev–Trinajstić information content (AvgIpc) is 2.95. The number of benzene rings is 3. The number of carbonyl (C=O) groups is 1. The van der Waals surface area contributed by atoms with Gasteiger partial charge >= 0.3 is 0 Å². The van der Waals surface area contributed by atoms with E-state index in [4.69, 9.17) is 9.47 Å². The Kier molecular flexibility index (Phi) is 7.96. The molecule has 2 heterocycles. The second-order valence-electron chi connectivity index (χ2n) is 9.70. The molecule has 3 aromatic carbocycles. The topological polar surface area (TPSA) is 63.7 Å². The Morgan fingerprint density at radius 1 is 1.00 bits per heavy atom. The van der Waals surface area contributed by atoms with E-state index in [0.29, 0.717) is 19.7 Å². The molecule has 1 saturated heterocycles. The molecule has 1 N–H and O–H groups in total. The van der Waals surface area contributed by atoms with E-state index in [2.05, 4.69) is 57.7 Å². The Morgan fingerprint density at radius 2 is 1.84 bits per heavy atom. The Labute approximate surface area is 218 Å². The van der Waals surface area contributed by atoms with E-state index in [9.17, 15) is 4.79 Å². The number of nitrogens with one attached hydrogen (secondary N) is 1. The van der Waals surface area contributed by atoms with E-state index in [1.54, 1.807) is 19.5 Å². The Morgan fingerprint density at radius 3 is 2.68 bits per heavy atom. The number of fused-ring (bicyclic) bond motifs is 1. The number of ether oxygens (including phenoxy) is 2. The largest absolute Gasteiger partial charge is 0.496 e. The fourth-order valence-corrected chi connectivity index (χ4v) is 5.16. The fourth-order valence-electron chi connectivity index (χ4n) is 5.16. The van der Waals surface area contributed by atoms with Crippen molar-refractivity contribution in [3.05, 3.63) is 102 Å². The molecule has 0 aliphatic carbocycles. The quantitative estimate of drug-likeness (QED) is 0.351. The number of methoxy groups -OCH3 is 1. The van der Waals surface area contributed by atoms with Gasteiger partial charge in [0.15, 0.2) is 0 Å². The van der Waals surface area contributed by atoms with Gasteiger partial charge in [-0.3, -0.25) is 14.7 Å². The number of nitrogens with zero attached hydrogens (tertiary/aromatic N) is 2. The van der Waals surface area contributed by atoms with Crippen molar-refractivity contribution in [3.8, 4) is 11.5 Å². The van der Waals surface area contributed by atoms with Crippen LogP contribution in [-0.2, 0) is 17.9 Å². The van der Waals surface area contributed by atoms with E-state index < -0.39 is 0 Å². The minimum absolute atomic E-state index is 0.0699. The van der Waals surface area contributed by atoms with Gasteiger partial charge in [-0.05, 0) is 47.0 Å². The number of amides is 1. The van der Waals surface area contributed by atoms with Crippen LogP contribution in [0.25, 0.3) is 10.8 Å². The van der Waals surface area contributed by atoms with Gasteiger partial charge in [-0.1, -0.05) is 54.6 Å². The maximum atomic E-state index is 13.3. The van der Waals surface area contributed by atoms with Crippen molar-refractivity contribution in [2.24, 2.45) is 11.8 Å². The fraction of sp³-hybridized carbons (Fsp3) is 0.290. The third kappa shape index (κ3) is 6.46. The number of rotatable bonds is 9. The van der Waals surface area contributed by atoms with Gasteiger partial charge in [-0.15, -0.1) is 0 Å². The van der Waals surface area contributed by atoms with Gasteiger partial charge < -0.3 is 14.8 Å². The number of carbonyl (C=O) groups excluding carboxylic acids is 1. The lowest BCUT2D eigenvalue weighted by Gasteiger charge is -2.37. The highest BCUT2D eigenvalue weighted by molar-refractivity contribution is 5.83. The molecule has 5 rings (SSSR count). The SMILES string of the molecule is COc1ccccc1CNC(=O)[C@@H]1C[C@H](COc2cccnc2)CN(Cc2ccc3ccccc3c2)C1. The Hall–Kier alpha value is -3.90. The third-order valence-electron chi connectivity index (χ3n) is 6.97. The summed E-state index contributed by atoms with van der Waals surface area (Å²) in [5, 5.41) is 5.62. The van der Waals surface area contributed by atoms with Gasteiger partial charge in [-0.25, -0.2) is 0 Å². The predicted octanol–water partition coefficient (Wildman–Crippen LogP) is 5.08. The first-order valence-electron chi connectivity index (χ1n) is 12.8. The normalized spacial score (nSPS) is 17.9. The predicted molar refractivity (Wildman–Crippen MR) is 145 cm³/mol. The van der Waals surface area contributed by atoms with Crippen molar-refractivity contribution in [2.75, 3.05) is 26.8 Å². The van der Waals surface area contributed by atoms with Crippen LogP contribution in [0.3, 0.4) is 0 Å². The molecule has 6 nitrogen and oxygen atoms in total. The summed E-state index contributed by atoms with van der Waals surface area (Å²) in [5.74, 6) is 1.72. The van der Waals surface area contributed by atoms with Crippen LogP contribution in [0.2, 0.25) is 0 Å². The first-order chi connectivity index (χ1) is 18.2. The van der Waals surface area contributed by atoms with Gasteiger partial charge in [0.25, 0.3) is 0 Å². The molecule has 0 spiro atoms. The monoisotopic (exact) mass is 495 g/mol. The van der Waals surface area contributed by atoms with Crippen molar-refractivity contribution >= 4 is 16.7 Å². The maximum absolute atomic E-state index is 13.3. The van der Waals surface area contributed by atoms with Gasteiger partial charge in [0, 0.05) is 43.9 Å². The lowest BCUT2D eigenvalue weighted by molar-refractivity contribution is -0.128. The summed E-state index contributed by atoms with van der Waals surface area (Å²) < 4.78 is 11.5. The van der Waals surface area contributed by atoms with Crippen molar-refractivity contribution in [1.82, 2.24) is 15.2 Å². The highest BCUT2D eigenvalue weighted by Gasteiger charge is 2.32. The summed E-state index contributed by atoms with van der Waals surface area (Å²) in [6, 6.07) is 26.6. The van der Waals surface area contributed by atoms with E-state index in [1.165, 1.54) is 16.3 Å². The van der Waals surface area contributed by atoms with Crippen LogP contribution in [0.4, 0.5) is 0 Å². The molecule has 1 aliphatic rings. The molecular formula is C31H33N3O3. The van der Waals surface area contributed by atoms with E-state index in [0.717, 1.165) is 36.6 Å². The Bertz CT molecular complexity index is 1330. The van der Waals surface area contributed by atoms with Crippen LogP contribution < -0.4 is 14.8 Å². The number of aromatic nitrogens is 1. The lowest BCUT2D eigenvalue weighted by atomic mass is 9.88. The summed E-state index contributed by atoms with van der Waals surface area (Å²) in [6.07, 6.45) is 4.25. The van der Waals surface area contributed by atoms with Crippen LogP contribution in [-0.4, -0.2) is 42.6 Å². The molecule has 190 valence electrons. The molecule has 0 saturated carbocycles. The highest BCUT2D eigenvalue weighted by atomic mass is 16.5.